The minimum atomic E-state index is -3.22. The third-order valence-corrected chi connectivity index (χ3v) is 4.60. The van der Waals surface area contributed by atoms with Crippen molar-refractivity contribution in [1.29, 1.82) is 0 Å². The van der Waals surface area contributed by atoms with E-state index >= 15 is 0 Å². The molecule has 1 aliphatic carbocycles. The predicted molar refractivity (Wildman–Crippen MR) is 77.9 cm³/mol. The van der Waals surface area contributed by atoms with Crippen LogP contribution in [0.2, 0.25) is 0 Å². The van der Waals surface area contributed by atoms with Crippen molar-refractivity contribution in [1.82, 2.24) is 10.1 Å². The molecule has 1 fully saturated rings. The Morgan fingerprint density at radius 2 is 2.14 bits per heavy atom. The van der Waals surface area contributed by atoms with E-state index in [-0.39, 0.29) is 0 Å². The molecule has 0 bridgehead atoms. The van der Waals surface area contributed by atoms with Crippen molar-refractivity contribution < 1.29 is 12.9 Å². The SMILES string of the molecule is Cc1ccc(S(C)(=O)=O)cc1NCc1nc(C2CC2)no1. The number of hydrogen-bond acceptors (Lipinski definition) is 6. The fourth-order valence-corrected chi connectivity index (χ4v) is 2.69. The molecule has 21 heavy (non-hydrogen) atoms. The zero-order valence-corrected chi connectivity index (χ0v) is 12.8. The normalized spacial score (nSPS) is 15.1. The highest BCUT2D eigenvalue weighted by molar-refractivity contribution is 7.90. The van der Waals surface area contributed by atoms with E-state index < -0.39 is 9.84 Å². The van der Waals surface area contributed by atoms with Crippen molar-refractivity contribution in [2.24, 2.45) is 0 Å². The Hall–Kier alpha value is -1.89. The van der Waals surface area contributed by atoms with E-state index in [4.69, 9.17) is 4.52 Å². The van der Waals surface area contributed by atoms with Crippen molar-refractivity contribution >= 4 is 15.5 Å². The van der Waals surface area contributed by atoms with Gasteiger partial charge in [-0.05, 0) is 37.5 Å². The van der Waals surface area contributed by atoms with Crippen LogP contribution in [-0.2, 0) is 16.4 Å². The van der Waals surface area contributed by atoms with Crippen molar-refractivity contribution in [3.8, 4) is 0 Å². The van der Waals surface area contributed by atoms with Crippen LogP contribution in [0.25, 0.3) is 0 Å². The molecule has 6 nitrogen and oxygen atoms in total. The number of hydrogen-bond donors (Lipinski definition) is 1. The fourth-order valence-electron chi connectivity index (χ4n) is 2.04. The van der Waals surface area contributed by atoms with Crippen molar-refractivity contribution in [2.45, 2.75) is 37.1 Å². The second-order valence-electron chi connectivity index (χ2n) is 5.42. The van der Waals surface area contributed by atoms with Crippen LogP contribution in [0.15, 0.2) is 27.6 Å². The van der Waals surface area contributed by atoms with Crippen molar-refractivity contribution in [3.63, 3.8) is 0 Å². The minimum absolute atomic E-state index is 0.291. The Morgan fingerprint density at radius 1 is 1.38 bits per heavy atom. The van der Waals surface area contributed by atoms with Gasteiger partial charge in [0.05, 0.1) is 11.4 Å². The number of benzene rings is 1. The lowest BCUT2D eigenvalue weighted by Crippen LogP contribution is -2.04. The van der Waals surface area contributed by atoms with Gasteiger partial charge < -0.3 is 9.84 Å². The number of nitrogens with one attached hydrogen (secondary N) is 1. The molecular formula is C14H17N3O3S. The van der Waals surface area contributed by atoms with Crippen LogP contribution in [-0.4, -0.2) is 24.8 Å². The summed E-state index contributed by atoms with van der Waals surface area (Å²) in [5.74, 6) is 1.74. The van der Waals surface area contributed by atoms with E-state index in [1.165, 1.54) is 6.26 Å². The molecule has 0 amide bonds. The molecule has 1 heterocycles. The Labute approximate surface area is 123 Å². The third kappa shape index (κ3) is 3.24. The first-order valence-corrected chi connectivity index (χ1v) is 8.69. The van der Waals surface area contributed by atoms with Crippen LogP contribution in [0.4, 0.5) is 5.69 Å². The second-order valence-corrected chi connectivity index (χ2v) is 7.44. The monoisotopic (exact) mass is 307 g/mol. The Kier molecular flexibility index (Phi) is 3.44. The molecule has 1 aliphatic rings. The van der Waals surface area contributed by atoms with Crippen LogP contribution in [0.3, 0.4) is 0 Å². The summed E-state index contributed by atoms with van der Waals surface area (Å²) in [5.41, 5.74) is 1.72. The van der Waals surface area contributed by atoms with E-state index in [2.05, 4.69) is 15.5 Å². The molecule has 1 saturated carbocycles. The topological polar surface area (TPSA) is 85.1 Å². The molecule has 3 rings (SSSR count). The predicted octanol–water partition coefficient (Wildman–Crippen LogP) is 2.27. The van der Waals surface area contributed by atoms with Crippen LogP contribution < -0.4 is 5.32 Å². The number of aryl methyl sites for hydroxylation is 1. The maximum atomic E-state index is 11.6. The highest BCUT2D eigenvalue weighted by Crippen LogP contribution is 2.38. The molecule has 7 heteroatoms. The van der Waals surface area contributed by atoms with Gasteiger partial charge in [-0.25, -0.2) is 8.42 Å². The van der Waals surface area contributed by atoms with Crippen LogP contribution >= 0.6 is 0 Å². The second kappa shape index (κ2) is 5.14. The summed E-state index contributed by atoms with van der Waals surface area (Å²) in [5, 5.41) is 7.10. The molecule has 0 spiro atoms. The summed E-state index contributed by atoms with van der Waals surface area (Å²) >= 11 is 0. The lowest BCUT2D eigenvalue weighted by molar-refractivity contribution is 0.378. The van der Waals surface area contributed by atoms with E-state index in [1.807, 2.05) is 6.92 Å². The van der Waals surface area contributed by atoms with Gasteiger partial charge in [0.15, 0.2) is 15.7 Å². The zero-order chi connectivity index (χ0) is 15.0. The van der Waals surface area contributed by atoms with Gasteiger partial charge in [-0.15, -0.1) is 0 Å². The Balaban J connectivity index is 1.74. The van der Waals surface area contributed by atoms with Gasteiger partial charge in [0.25, 0.3) is 0 Å². The lowest BCUT2D eigenvalue weighted by atomic mass is 10.2. The molecule has 1 aromatic heterocycles. The van der Waals surface area contributed by atoms with E-state index in [0.29, 0.717) is 23.2 Å². The molecule has 112 valence electrons. The van der Waals surface area contributed by atoms with Gasteiger partial charge in [0, 0.05) is 17.9 Å². The van der Waals surface area contributed by atoms with Crippen LogP contribution in [0.1, 0.15) is 36.0 Å². The largest absolute Gasteiger partial charge is 0.376 e. The average Bonchev–Trinajstić information content (AvgIpc) is 3.16. The maximum absolute atomic E-state index is 11.6. The summed E-state index contributed by atoms with van der Waals surface area (Å²) in [6.07, 6.45) is 3.45. The molecule has 2 aromatic rings. The quantitative estimate of drug-likeness (QED) is 0.912. The van der Waals surface area contributed by atoms with Gasteiger partial charge in [-0.2, -0.15) is 4.98 Å². The minimum Gasteiger partial charge on any atom is -0.376 e. The molecule has 1 N–H and O–H groups in total. The average molecular weight is 307 g/mol. The third-order valence-electron chi connectivity index (χ3n) is 3.49. The summed E-state index contributed by atoms with van der Waals surface area (Å²) < 4.78 is 28.4. The van der Waals surface area contributed by atoms with E-state index in [1.54, 1.807) is 18.2 Å². The smallest absolute Gasteiger partial charge is 0.245 e. The first kappa shape index (κ1) is 14.1. The zero-order valence-electron chi connectivity index (χ0n) is 12.0. The summed E-state index contributed by atoms with van der Waals surface area (Å²) in [7, 11) is -3.22. The number of aromatic nitrogens is 2. The number of rotatable bonds is 5. The van der Waals surface area contributed by atoms with Gasteiger partial charge in [-0.3, -0.25) is 0 Å². The summed E-state index contributed by atoms with van der Waals surface area (Å²) in [6.45, 7) is 2.30. The summed E-state index contributed by atoms with van der Waals surface area (Å²) in [6, 6.07) is 5.01. The standard InChI is InChI=1S/C14H17N3O3S/c1-9-3-6-11(21(2,18)19)7-12(9)15-8-13-16-14(17-20-13)10-4-5-10/h3,6-7,10,15H,4-5,8H2,1-2H3. The lowest BCUT2D eigenvalue weighted by Gasteiger charge is -2.09. The highest BCUT2D eigenvalue weighted by atomic mass is 32.2. The molecule has 0 saturated heterocycles. The van der Waals surface area contributed by atoms with Gasteiger partial charge in [0.2, 0.25) is 5.89 Å². The molecule has 0 radical (unpaired) electrons. The Morgan fingerprint density at radius 3 is 2.81 bits per heavy atom. The molecular weight excluding hydrogens is 290 g/mol. The maximum Gasteiger partial charge on any atom is 0.245 e. The number of anilines is 1. The molecule has 0 atom stereocenters. The fraction of sp³-hybridized carbons (Fsp3) is 0.429. The first-order valence-electron chi connectivity index (χ1n) is 6.80. The Bertz CT molecular complexity index is 764. The van der Waals surface area contributed by atoms with Gasteiger partial charge in [-0.1, -0.05) is 11.2 Å². The van der Waals surface area contributed by atoms with Crippen LogP contribution in [0.5, 0.6) is 0 Å². The van der Waals surface area contributed by atoms with E-state index in [9.17, 15) is 8.42 Å². The van der Waals surface area contributed by atoms with E-state index in [0.717, 1.165) is 29.9 Å². The van der Waals surface area contributed by atoms with Crippen LogP contribution in [0, 0.1) is 6.92 Å². The van der Waals surface area contributed by atoms with Crippen molar-refractivity contribution in [3.05, 3.63) is 35.5 Å². The summed E-state index contributed by atoms with van der Waals surface area (Å²) in [4.78, 5) is 4.62. The van der Waals surface area contributed by atoms with Crippen molar-refractivity contribution in [2.75, 3.05) is 11.6 Å². The molecule has 0 unspecified atom stereocenters. The number of sulfone groups is 1. The highest BCUT2D eigenvalue weighted by Gasteiger charge is 2.28. The number of nitrogens with zero attached hydrogens (tertiary/aromatic N) is 2. The molecule has 0 aliphatic heterocycles. The van der Waals surface area contributed by atoms with Gasteiger partial charge >= 0.3 is 0 Å². The first-order chi connectivity index (χ1) is 9.93. The van der Waals surface area contributed by atoms with Gasteiger partial charge in [0.1, 0.15) is 0 Å². The molecule has 1 aromatic carbocycles.